The molecule has 0 aliphatic carbocycles. The van der Waals surface area contributed by atoms with Crippen LogP contribution in [0.15, 0.2) is 18.6 Å². The molecule has 3 heterocycles. The Morgan fingerprint density at radius 1 is 1.23 bits per heavy atom. The third-order valence-corrected chi connectivity index (χ3v) is 3.56. The number of fused-ring (bicyclic) bond motifs is 1. The summed E-state index contributed by atoms with van der Waals surface area (Å²) in [5.41, 5.74) is 0.373. The SMILES string of the molecule is CC(C)(C)OC(=O)N1CCN(c2ncnc3[nH]ccc23)CC1. The first-order chi connectivity index (χ1) is 10.4. The fraction of sp³-hybridized carbons (Fsp3) is 0.533. The number of anilines is 1. The summed E-state index contributed by atoms with van der Waals surface area (Å²) in [7, 11) is 0. The molecule has 1 amide bonds. The van der Waals surface area contributed by atoms with Crippen LogP contribution in [0, 0.1) is 0 Å². The van der Waals surface area contributed by atoms with Crippen molar-refractivity contribution in [2.24, 2.45) is 0 Å². The van der Waals surface area contributed by atoms with E-state index in [1.54, 1.807) is 11.2 Å². The molecule has 0 aromatic carbocycles. The van der Waals surface area contributed by atoms with Gasteiger partial charge in [-0.2, -0.15) is 0 Å². The number of rotatable bonds is 1. The monoisotopic (exact) mass is 303 g/mol. The van der Waals surface area contributed by atoms with Crippen LogP contribution < -0.4 is 4.90 Å². The van der Waals surface area contributed by atoms with Gasteiger partial charge in [0.25, 0.3) is 0 Å². The Kier molecular flexibility index (Phi) is 3.64. The number of piperazine rings is 1. The number of carbonyl (C=O) groups excluding carboxylic acids is 1. The van der Waals surface area contributed by atoms with Crippen molar-refractivity contribution in [3.8, 4) is 0 Å². The Bertz CT molecular complexity index is 668. The Hall–Kier alpha value is -2.31. The number of hydrogen-bond acceptors (Lipinski definition) is 5. The zero-order chi connectivity index (χ0) is 15.7. The number of aromatic amines is 1. The molecule has 1 fully saturated rings. The lowest BCUT2D eigenvalue weighted by Crippen LogP contribution is -2.50. The molecule has 0 saturated carbocycles. The lowest BCUT2D eigenvalue weighted by Gasteiger charge is -2.36. The van der Waals surface area contributed by atoms with Crippen LogP contribution >= 0.6 is 0 Å². The van der Waals surface area contributed by atoms with E-state index >= 15 is 0 Å². The van der Waals surface area contributed by atoms with Crippen molar-refractivity contribution < 1.29 is 9.53 Å². The Morgan fingerprint density at radius 3 is 2.64 bits per heavy atom. The van der Waals surface area contributed by atoms with Gasteiger partial charge in [-0.15, -0.1) is 0 Å². The van der Waals surface area contributed by atoms with Crippen LogP contribution in [-0.2, 0) is 4.74 Å². The molecule has 118 valence electrons. The van der Waals surface area contributed by atoms with Crippen molar-refractivity contribution in [1.82, 2.24) is 19.9 Å². The minimum atomic E-state index is -0.460. The van der Waals surface area contributed by atoms with Crippen LogP contribution in [-0.4, -0.2) is 57.7 Å². The smallest absolute Gasteiger partial charge is 0.410 e. The van der Waals surface area contributed by atoms with Gasteiger partial charge in [0.15, 0.2) is 0 Å². The fourth-order valence-corrected chi connectivity index (χ4v) is 2.54. The molecule has 0 radical (unpaired) electrons. The van der Waals surface area contributed by atoms with Crippen molar-refractivity contribution in [3.05, 3.63) is 18.6 Å². The first-order valence-electron chi connectivity index (χ1n) is 7.45. The first-order valence-corrected chi connectivity index (χ1v) is 7.45. The van der Waals surface area contributed by atoms with Gasteiger partial charge in [0, 0.05) is 32.4 Å². The predicted molar refractivity (Wildman–Crippen MR) is 83.9 cm³/mol. The number of hydrogen-bond donors (Lipinski definition) is 1. The number of aromatic nitrogens is 3. The fourth-order valence-electron chi connectivity index (χ4n) is 2.54. The molecule has 0 atom stereocenters. The highest BCUT2D eigenvalue weighted by Gasteiger charge is 2.26. The Morgan fingerprint density at radius 2 is 1.95 bits per heavy atom. The minimum absolute atomic E-state index is 0.248. The first kappa shape index (κ1) is 14.6. The van der Waals surface area contributed by atoms with Crippen LogP contribution in [0.5, 0.6) is 0 Å². The topological polar surface area (TPSA) is 74.3 Å². The van der Waals surface area contributed by atoms with E-state index < -0.39 is 5.60 Å². The van der Waals surface area contributed by atoms with E-state index in [2.05, 4.69) is 19.9 Å². The van der Waals surface area contributed by atoms with Gasteiger partial charge in [-0.1, -0.05) is 0 Å². The lowest BCUT2D eigenvalue weighted by molar-refractivity contribution is 0.0240. The molecule has 2 aromatic heterocycles. The van der Waals surface area contributed by atoms with Gasteiger partial charge in [0.1, 0.15) is 23.4 Å². The van der Waals surface area contributed by atoms with Crippen molar-refractivity contribution in [3.63, 3.8) is 0 Å². The van der Waals surface area contributed by atoms with Gasteiger partial charge < -0.3 is 19.5 Å². The highest BCUT2D eigenvalue weighted by atomic mass is 16.6. The zero-order valence-electron chi connectivity index (χ0n) is 13.2. The largest absolute Gasteiger partial charge is 0.444 e. The Labute approximate surface area is 129 Å². The molecule has 1 N–H and O–H groups in total. The molecule has 1 aliphatic heterocycles. The summed E-state index contributed by atoms with van der Waals surface area (Å²) >= 11 is 0. The van der Waals surface area contributed by atoms with Crippen molar-refractivity contribution in [1.29, 1.82) is 0 Å². The van der Waals surface area contributed by atoms with Crippen molar-refractivity contribution in [2.75, 3.05) is 31.1 Å². The normalized spacial score (nSPS) is 16.1. The number of nitrogens with one attached hydrogen (secondary N) is 1. The molecule has 0 unspecified atom stereocenters. The van der Waals surface area contributed by atoms with Gasteiger partial charge in [0.05, 0.1) is 5.39 Å². The average Bonchev–Trinajstić information content (AvgIpc) is 2.94. The summed E-state index contributed by atoms with van der Waals surface area (Å²) in [5.74, 6) is 0.912. The highest BCUT2D eigenvalue weighted by Crippen LogP contribution is 2.23. The van der Waals surface area contributed by atoms with Gasteiger partial charge in [0.2, 0.25) is 0 Å². The number of H-pyrrole nitrogens is 1. The molecule has 1 aliphatic rings. The van der Waals surface area contributed by atoms with Gasteiger partial charge in [-0.05, 0) is 26.8 Å². The summed E-state index contributed by atoms with van der Waals surface area (Å²) in [5, 5.41) is 1.01. The maximum Gasteiger partial charge on any atom is 0.410 e. The number of nitrogens with zero attached hydrogens (tertiary/aromatic N) is 4. The van der Waals surface area contributed by atoms with Crippen LogP contribution in [0.3, 0.4) is 0 Å². The van der Waals surface area contributed by atoms with E-state index in [0.29, 0.717) is 13.1 Å². The summed E-state index contributed by atoms with van der Waals surface area (Å²) in [6.07, 6.45) is 3.18. The zero-order valence-corrected chi connectivity index (χ0v) is 13.2. The van der Waals surface area contributed by atoms with Crippen LogP contribution in [0.2, 0.25) is 0 Å². The van der Waals surface area contributed by atoms with Gasteiger partial charge in [-0.25, -0.2) is 14.8 Å². The molecular weight excluding hydrogens is 282 g/mol. The molecular formula is C15H21N5O2. The van der Waals surface area contributed by atoms with Gasteiger partial charge >= 0.3 is 6.09 Å². The van der Waals surface area contributed by atoms with Crippen molar-refractivity contribution in [2.45, 2.75) is 26.4 Å². The van der Waals surface area contributed by atoms with E-state index in [9.17, 15) is 4.79 Å². The molecule has 0 bridgehead atoms. The maximum atomic E-state index is 12.1. The van der Waals surface area contributed by atoms with E-state index in [4.69, 9.17) is 4.74 Å². The molecule has 2 aromatic rings. The molecule has 0 spiro atoms. The van der Waals surface area contributed by atoms with E-state index in [0.717, 1.165) is 29.9 Å². The standard InChI is InChI=1S/C15H21N5O2/c1-15(2,3)22-14(21)20-8-6-19(7-9-20)13-11-4-5-16-12(11)17-10-18-13/h4-5,10H,6-9H2,1-3H3,(H,16,17,18). The van der Waals surface area contributed by atoms with E-state index in [-0.39, 0.29) is 6.09 Å². The number of amides is 1. The minimum Gasteiger partial charge on any atom is -0.444 e. The highest BCUT2D eigenvalue weighted by molar-refractivity contribution is 5.87. The second-order valence-corrected chi connectivity index (χ2v) is 6.39. The van der Waals surface area contributed by atoms with Gasteiger partial charge in [-0.3, -0.25) is 0 Å². The van der Waals surface area contributed by atoms with Crippen LogP contribution in [0.4, 0.5) is 10.6 Å². The second-order valence-electron chi connectivity index (χ2n) is 6.39. The second kappa shape index (κ2) is 5.47. The lowest BCUT2D eigenvalue weighted by atomic mass is 10.2. The van der Waals surface area contributed by atoms with E-state index in [1.165, 1.54) is 0 Å². The molecule has 3 rings (SSSR count). The van der Waals surface area contributed by atoms with Crippen LogP contribution in [0.1, 0.15) is 20.8 Å². The summed E-state index contributed by atoms with van der Waals surface area (Å²) < 4.78 is 5.41. The quantitative estimate of drug-likeness (QED) is 0.872. The maximum absolute atomic E-state index is 12.1. The van der Waals surface area contributed by atoms with E-state index in [1.807, 2.05) is 33.0 Å². The molecule has 1 saturated heterocycles. The summed E-state index contributed by atoms with van der Waals surface area (Å²) in [6.45, 7) is 8.36. The third-order valence-electron chi connectivity index (χ3n) is 3.56. The number of ether oxygens (including phenoxy) is 1. The molecule has 7 heteroatoms. The Balaban J connectivity index is 1.67. The van der Waals surface area contributed by atoms with Crippen molar-refractivity contribution >= 4 is 22.9 Å². The third kappa shape index (κ3) is 2.98. The van der Waals surface area contributed by atoms with Crippen LogP contribution in [0.25, 0.3) is 11.0 Å². The predicted octanol–water partition coefficient (Wildman–Crippen LogP) is 2.02. The summed E-state index contributed by atoms with van der Waals surface area (Å²) in [4.78, 5) is 27.7. The molecule has 22 heavy (non-hydrogen) atoms. The average molecular weight is 303 g/mol. The molecule has 7 nitrogen and oxygen atoms in total. The summed E-state index contributed by atoms with van der Waals surface area (Å²) in [6, 6.07) is 1.98. The number of carbonyl (C=O) groups is 1.